The molecule has 5 rings (SSSR count). The minimum Gasteiger partial charge on any atom is -0.465 e. The van der Waals surface area contributed by atoms with E-state index in [9.17, 15) is 9.59 Å². The first kappa shape index (κ1) is 41.9. The Labute approximate surface area is 324 Å². The van der Waals surface area contributed by atoms with Gasteiger partial charge in [-0.05, 0) is 73.9 Å². The minimum atomic E-state index is -1.16. The topological polar surface area (TPSA) is 157 Å². The standard InChI is InChI=1S/C41H48N6O6.C2H6/c1-5-8-15-29(6-2)27-47(43)38(45-42)34-19-13-12-18-33(34)31-24-22-30(23-25-31)26-46-37-35(20-14-21-36(37)44-40(46)50-7-3)39(48)51-28(4)52-41(49)53-32-16-10-9-11-17-32;1-2/h5-6,8,12-15,18-25,28,32H,1,7,9-11,16-17,26-27,42-43H2,2-4H3;1-2H3/b15-8-,29-6+,45-38-;. The molecule has 1 fully saturated rings. The summed E-state index contributed by atoms with van der Waals surface area (Å²) in [5, 5.41) is 5.59. The molecule has 1 heterocycles. The molecule has 292 valence electrons. The first-order chi connectivity index (χ1) is 26.8. The van der Waals surface area contributed by atoms with Crippen LogP contribution in [-0.2, 0) is 20.8 Å². The van der Waals surface area contributed by atoms with Gasteiger partial charge in [0, 0.05) is 12.5 Å². The van der Waals surface area contributed by atoms with Crippen molar-refractivity contribution in [1.29, 1.82) is 0 Å². The van der Waals surface area contributed by atoms with Crippen LogP contribution in [0.5, 0.6) is 6.01 Å². The number of hydrazine groups is 1. The van der Waals surface area contributed by atoms with Crippen LogP contribution in [0.2, 0.25) is 0 Å². The fraction of sp³-hybridized carbons (Fsp3) is 0.349. The van der Waals surface area contributed by atoms with Gasteiger partial charge in [-0.25, -0.2) is 15.4 Å². The van der Waals surface area contributed by atoms with Crippen molar-refractivity contribution >= 4 is 29.0 Å². The van der Waals surface area contributed by atoms with E-state index in [4.69, 9.17) is 30.6 Å². The van der Waals surface area contributed by atoms with Gasteiger partial charge in [-0.2, -0.15) is 10.1 Å². The molecule has 0 aliphatic heterocycles. The van der Waals surface area contributed by atoms with Crippen molar-refractivity contribution in [3.05, 3.63) is 120 Å². The van der Waals surface area contributed by atoms with Crippen LogP contribution in [0.1, 0.15) is 88.2 Å². The lowest BCUT2D eigenvalue weighted by atomic mass is 9.97. The molecular formula is C43H54N6O6. The zero-order valence-corrected chi connectivity index (χ0v) is 32.6. The van der Waals surface area contributed by atoms with E-state index in [0.717, 1.165) is 59.9 Å². The molecule has 4 aromatic rings. The number of hydrogen-bond acceptors (Lipinski definition) is 10. The van der Waals surface area contributed by atoms with E-state index in [-0.39, 0.29) is 11.7 Å². The Morgan fingerprint density at radius 2 is 1.73 bits per heavy atom. The fourth-order valence-corrected chi connectivity index (χ4v) is 6.34. The van der Waals surface area contributed by atoms with Gasteiger partial charge in [0.2, 0.25) is 6.29 Å². The Morgan fingerprint density at radius 3 is 2.40 bits per heavy atom. The molecule has 1 atom stereocenters. The van der Waals surface area contributed by atoms with E-state index < -0.39 is 18.4 Å². The lowest BCUT2D eigenvalue weighted by molar-refractivity contribution is -0.0914. The number of amidine groups is 1. The average Bonchev–Trinajstić information content (AvgIpc) is 3.54. The van der Waals surface area contributed by atoms with Crippen molar-refractivity contribution < 1.29 is 28.5 Å². The Morgan fingerprint density at radius 1 is 1.02 bits per heavy atom. The summed E-state index contributed by atoms with van der Waals surface area (Å²) in [5.41, 5.74) is 5.84. The van der Waals surface area contributed by atoms with Gasteiger partial charge in [-0.3, -0.25) is 9.58 Å². The number of aromatic nitrogens is 2. The second-order valence-electron chi connectivity index (χ2n) is 12.6. The number of nitrogens with zero attached hydrogens (tertiary/aromatic N) is 4. The highest BCUT2D eigenvalue weighted by Gasteiger charge is 2.25. The van der Waals surface area contributed by atoms with Crippen LogP contribution in [0, 0.1) is 0 Å². The number of para-hydroxylation sites is 1. The Hall–Kier alpha value is -5.88. The van der Waals surface area contributed by atoms with Gasteiger partial charge in [0.05, 0.1) is 36.3 Å². The zero-order chi connectivity index (χ0) is 39.7. The van der Waals surface area contributed by atoms with Crippen LogP contribution in [0.4, 0.5) is 4.79 Å². The summed E-state index contributed by atoms with van der Waals surface area (Å²) in [6, 6.07) is 21.3. The molecule has 0 amide bonds. The third kappa shape index (κ3) is 11.1. The number of fused-ring (bicyclic) bond motifs is 1. The van der Waals surface area contributed by atoms with Crippen LogP contribution in [0.15, 0.2) is 108 Å². The van der Waals surface area contributed by atoms with Gasteiger partial charge in [0.1, 0.15) is 6.10 Å². The molecule has 4 N–H and O–H groups in total. The summed E-state index contributed by atoms with van der Waals surface area (Å²) in [6.45, 7) is 14.1. The number of carbonyl (C=O) groups is 2. The smallest absolute Gasteiger partial charge is 0.465 e. The van der Waals surface area contributed by atoms with Gasteiger partial charge in [0.25, 0.3) is 6.01 Å². The highest BCUT2D eigenvalue weighted by molar-refractivity contribution is 6.04. The van der Waals surface area contributed by atoms with Gasteiger partial charge >= 0.3 is 12.1 Å². The maximum atomic E-state index is 13.5. The summed E-state index contributed by atoms with van der Waals surface area (Å²) in [6.07, 6.45) is 10.0. The third-order valence-corrected chi connectivity index (χ3v) is 8.91. The summed E-state index contributed by atoms with van der Waals surface area (Å²) in [5.74, 6) is 12.2. The molecule has 1 aromatic heterocycles. The number of carbonyl (C=O) groups excluding carboxylic acids is 2. The normalized spacial score (nSPS) is 14.1. The predicted molar refractivity (Wildman–Crippen MR) is 217 cm³/mol. The largest absolute Gasteiger partial charge is 0.511 e. The first-order valence-electron chi connectivity index (χ1n) is 18.9. The number of benzene rings is 3. The number of hydrazone groups is 1. The molecular weight excluding hydrogens is 697 g/mol. The van der Waals surface area contributed by atoms with Crippen molar-refractivity contribution in [1.82, 2.24) is 14.6 Å². The summed E-state index contributed by atoms with van der Waals surface area (Å²) >= 11 is 0. The van der Waals surface area contributed by atoms with E-state index in [2.05, 4.69) is 16.7 Å². The molecule has 0 spiro atoms. The Kier molecular flexibility index (Phi) is 16.1. The van der Waals surface area contributed by atoms with E-state index in [1.165, 1.54) is 11.9 Å². The van der Waals surface area contributed by atoms with Crippen LogP contribution < -0.4 is 16.4 Å². The highest BCUT2D eigenvalue weighted by Crippen LogP contribution is 2.30. The van der Waals surface area contributed by atoms with Gasteiger partial charge in [0.15, 0.2) is 5.84 Å². The lowest BCUT2D eigenvalue weighted by Gasteiger charge is -2.22. The maximum Gasteiger partial charge on any atom is 0.511 e. The van der Waals surface area contributed by atoms with Gasteiger partial charge < -0.3 is 24.8 Å². The quantitative estimate of drug-likeness (QED) is 0.0243. The van der Waals surface area contributed by atoms with Crippen molar-refractivity contribution in [2.24, 2.45) is 16.8 Å². The number of hydrogen-bond donors (Lipinski definition) is 2. The molecule has 1 aliphatic carbocycles. The highest BCUT2D eigenvalue weighted by atomic mass is 16.8. The molecule has 1 aliphatic rings. The number of esters is 1. The van der Waals surface area contributed by atoms with Gasteiger partial charge in [-0.15, -0.1) is 0 Å². The Balaban J connectivity index is 0.00000331. The molecule has 12 heteroatoms. The van der Waals surface area contributed by atoms with Crippen molar-refractivity contribution in [3.8, 4) is 17.1 Å². The average molecular weight is 751 g/mol. The molecule has 1 saturated carbocycles. The summed E-state index contributed by atoms with van der Waals surface area (Å²) in [7, 11) is 0. The molecule has 12 nitrogen and oxygen atoms in total. The maximum absolute atomic E-state index is 13.5. The SMILES string of the molecule is C=C/C=C\C(=C/C)CN(N)/C(=N\N)c1ccccc1-c1ccc(Cn2c(OCC)nc3cccc(C(=O)OC(C)OC(=O)OC4CCCCC4)c32)cc1.CC. The number of allylic oxidation sites excluding steroid dienone is 3. The molecule has 0 bridgehead atoms. The van der Waals surface area contributed by atoms with Crippen LogP contribution in [-0.4, -0.2) is 58.1 Å². The molecule has 1 unspecified atom stereocenters. The number of rotatable bonds is 14. The molecule has 55 heavy (non-hydrogen) atoms. The monoisotopic (exact) mass is 750 g/mol. The number of imidazole rings is 1. The third-order valence-electron chi connectivity index (χ3n) is 8.91. The van der Waals surface area contributed by atoms with Crippen molar-refractivity contribution in [2.45, 2.75) is 85.7 Å². The summed E-state index contributed by atoms with van der Waals surface area (Å²) < 4.78 is 24.0. The van der Waals surface area contributed by atoms with Gasteiger partial charge in [-0.1, -0.05) is 106 Å². The minimum absolute atomic E-state index is 0.177. The second-order valence-corrected chi connectivity index (χ2v) is 12.6. The van der Waals surface area contributed by atoms with E-state index in [1.807, 2.05) is 99.0 Å². The van der Waals surface area contributed by atoms with E-state index in [1.54, 1.807) is 24.3 Å². The van der Waals surface area contributed by atoms with Crippen LogP contribution in [0.25, 0.3) is 22.2 Å². The second kappa shape index (κ2) is 21.1. The molecule has 3 aromatic carbocycles. The zero-order valence-electron chi connectivity index (χ0n) is 32.6. The summed E-state index contributed by atoms with van der Waals surface area (Å²) in [4.78, 5) is 30.6. The van der Waals surface area contributed by atoms with Crippen molar-refractivity contribution in [3.63, 3.8) is 0 Å². The van der Waals surface area contributed by atoms with Crippen LogP contribution in [0.3, 0.4) is 0 Å². The predicted octanol–water partition coefficient (Wildman–Crippen LogP) is 8.65. The first-order valence-corrected chi connectivity index (χ1v) is 18.9. The molecule has 0 radical (unpaired) electrons. The van der Waals surface area contributed by atoms with Crippen LogP contribution >= 0.6 is 0 Å². The fourth-order valence-electron chi connectivity index (χ4n) is 6.34. The number of ether oxygens (including phenoxy) is 4. The Bertz CT molecular complexity index is 1980. The molecule has 0 saturated heterocycles. The lowest BCUT2D eigenvalue weighted by Crippen LogP contribution is -2.40. The van der Waals surface area contributed by atoms with Crippen molar-refractivity contribution in [2.75, 3.05) is 13.2 Å². The van der Waals surface area contributed by atoms with E-state index >= 15 is 0 Å². The van der Waals surface area contributed by atoms with E-state index in [0.29, 0.717) is 42.6 Å². The number of nitrogens with two attached hydrogens (primary N) is 2.